The monoisotopic (exact) mass is 333 g/mol. The lowest BCUT2D eigenvalue weighted by Gasteiger charge is -2.11. The Hall–Kier alpha value is -2.94. The lowest BCUT2D eigenvalue weighted by molar-refractivity contribution is 0.306. The largest absolute Gasteiger partial charge is 0.492 e. The number of ether oxygens (including phenoxy) is 2. The smallest absolute Gasteiger partial charge is 0.121 e. The minimum atomic E-state index is 0.570. The highest BCUT2D eigenvalue weighted by Gasteiger charge is 1.99. The van der Waals surface area contributed by atoms with Gasteiger partial charge >= 0.3 is 0 Å². The van der Waals surface area contributed by atoms with Crippen LogP contribution in [0.4, 0.5) is 5.69 Å². The molecule has 0 saturated heterocycles. The maximum Gasteiger partial charge on any atom is 0.121 e. The fourth-order valence-corrected chi connectivity index (χ4v) is 2.51. The summed E-state index contributed by atoms with van der Waals surface area (Å²) in [5.41, 5.74) is 3.39. The maximum absolute atomic E-state index is 5.85. The Bertz CT molecular complexity index is 787. The van der Waals surface area contributed by atoms with E-state index in [0.717, 1.165) is 29.3 Å². The van der Waals surface area contributed by atoms with Gasteiger partial charge in [0.1, 0.15) is 24.7 Å². The maximum atomic E-state index is 5.85. The van der Waals surface area contributed by atoms with Crippen LogP contribution in [0.2, 0.25) is 0 Å². The van der Waals surface area contributed by atoms with E-state index in [1.807, 2.05) is 60.7 Å². The van der Waals surface area contributed by atoms with E-state index in [1.165, 1.54) is 5.56 Å². The summed E-state index contributed by atoms with van der Waals surface area (Å²) in [6.45, 7) is 3.97. The predicted molar refractivity (Wildman–Crippen MR) is 102 cm³/mol. The second-order valence-electron chi connectivity index (χ2n) is 5.89. The second-order valence-corrected chi connectivity index (χ2v) is 5.89. The van der Waals surface area contributed by atoms with Gasteiger partial charge in [0.2, 0.25) is 0 Å². The van der Waals surface area contributed by atoms with Gasteiger partial charge in [0.25, 0.3) is 0 Å². The summed E-state index contributed by atoms with van der Waals surface area (Å²) < 4.78 is 11.6. The van der Waals surface area contributed by atoms with Gasteiger partial charge in [-0.2, -0.15) is 0 Å². The molecule has 0 bridgehead atoms. The Morgan fingerprint density at radius 2 is 1.52 bits per heavy atom. The third-order valence-corrected chi connectivity index (χ3v) is 3.77. The van der Waals surface area contributed by atoms with Gasteiger partial charge in [-0.3, -0.25) is 0 Å². The van der Waals surface area contributed by atoms with Gasteiger partial charge in [0.05, 0.1) is 0 Å². The molecular formula is C22H23NO2. The lowest BCUT2D eigenvalue weighted by atomic mass is 10.2. The van der Waals surface area contributed by atoms with E-state index >= 15 is 0 Å². The van der Waals surface area contributed by atoms with E-state index in [-0.39, 0.29) is 0 Å². The zero-order valence-electron chi connectivity index (χ0n) is 14.4. The van der Waals surface area contributed by atoms with Crippen molar-refractivity contribution in [2.24, 2.45) is 0 Å². The third-order valence-electron chi connectivity index (χ3n) is 3.77. The fourth-order valence-electron chi connectivity index (χ4n) is 2.51. The Morgan fingerprint density at radius 1 is 0.760 bits per heavy atom. The molecule has 0 heterocycles. The number of anilines is 1. The standard InChI is InChI=1S/C22H23NO2/c1-18-7-5-11-21(15-18)24-14-13-23-20-10-6-12-22(16-20)25-17-19-8-3-2-4-9-19/h2-12,15-16,23H,13-14,17H2,1H3. The van der Waals surface area contributed by atoms with Crippen LogP contribution in [-0.2, 0) is 6.61 Å². The van der Waals surface area contributed by atoms with Crippen molar-refractivity contribution in [3.8, 4) is 11.5 Å². The Morgan fingerprint density at radius 3 is 2.32 bits per heavy atom. The number of aryl methyl sites for hydroxylation is 1. The van der Waals surface area contributed by atoms with Gasteiger partial charge < -0.3 is 14.8 Å². The van der Waals surface area contributed by atoms with Crippen LogP contribution in [0.15, 0.2) is 78.9 Å². The zero-order chi connectivity index (χ0) is 17.3. The summed E-state index contributed by atoms with van der Waals surface area (Å²) in [5.74, 6) is 1.76. The topological polar surface area (TPSA) is 30.5 Å². The van der Waals surface area contributed by atoms with Crippen LogP contribution in [0.25, 0.3) is 0 Å². The second kappa shape index (κ2) is 8.78. The third kappa shape index (κ3) is 5.57. The van der Waals surface area contributed by atoms with Gasteiger partial charge in [-0.25, -0.2) is 0 Å². The molecule has 3 heteroatoms. The molecule has 0 saturated carbocycles. The summed E-state index contributed by atoms with van der Waals surface area (Å²) in [5, 5.41) is 3.36. The molecule has 3 aromatic carbocycles. The van der Waals surface area contributed by atoms with Crippen LogP contribution < -0.4 is 14.8 Å². The van der Waals surface area contributed by atoms with E-state index in [0.29, 0.717) is 13.2 Å². The Balaban J connectivity index is 1.45. The first-order valence-corrected chi connectivity index (χ1v) is 8.50. The van der Waals surface area contributed by atoms with Crippen LogP contribution in [0.1, 0.15) is 11.1 Å². The highest BCUT2D eigenvalue weighted by atomic mass is 16.5. The van der Waals surface area contributed by atoms with Crippen LogP contribution in [0.5, 0.6) is 11.5 Å². The van der Waals surface area contributed by atoms with Gasteiger partial charge in [-0.05, 0) is 42.3 Å². The number of rotatable bonds is 8. The molecule has 0 unspecified atom stereocenters. The van der Waals surface area contributed by atoms with Crippen LogP contribution >= 0.6 is 0 Å². The Kier molecular flexibility index (Phi) is 5.94. The number of hydrogen-bond acceptors (Lipinski definition) is 3. The number of nitrogens with one attached hydrogen (secondary N) is 1. The van der Waals surface area contributed by atoms with Gasteiger partial charge in [0.15, 0.2) is 0 Å². The molecule has 128 valence electrons. The Labute approximate surface area is 149 Å². The molecule has 0 aliphatic rings. The molecule has 3 nitrogen and oxygen atoms in total. The molecular weight excluding hydrogens is 310 g/mol. The molecule has 25 heavy (non-hydrogen) atoms. The molecule has 0 amide bonds. The van der Waals surface area contributed by atoms with Crippen molar-refractivity contribution < 1.29 is 9.47 Å². The predicted octanol–water partition coefficient (Wildman–Crippen LogP) is 5.06. The van der Waals surface area contributed by atoms with E-state index in [9.17, 15) is 0 Å². The molecule has 0 atom stereocenters. The quantitative estimate of drug-likeness (QED) is 0.584. The zero-order valence-corrected chi connectivity index (χ0v) is 14.4. The average Bonchev–Trinajstić information content (AvgIpc) is 2.65. The minimum Gasteiger partial charge on any atom is -0.492 e. The van der Waals surface area contributed by atoms with Crippen molar-refractivity contribution in [1.82, 2.24) is 0 Å². The summed E-state index contributed by atoms with van der Waals surface area (Å²) in [6, 6.07) is 26.2. The summed E-state index contributed by atoms with van der Waals surface area (Å²) in [6.07, 6.45) is 0. The molecule has 0 spiro atoms. The van der Waals surface area contributed by atoms with Crippen molar-refractivity contribution in [3.63, 3.8) is 0 Å². The van der Waals surface area contributed by atoms with Gasteiger partial charge in [0, 0.05) is 18.3 Å². The van der Waals surface area contributed by atoms with E-state index in [1.54, 1.807) is 0 Å². The van der Waals surface area contributed by atoms with Crippen molar-refractivity contribution in [1.29, 1.82) is 0 Å². The van der Waals surface area contributed by atoms with E-state index in [4.69, 9.17) is 9.47 Å². The van der Waals surface area contributed by atoms with E-state index < -0.39 is 0 Å². The normalized spacial score (nSPS) is 10.3. The SMILES string of the molecule is Cc1cccc(OCCNc2cccc(OCc3ccccc3)c2)c1. The summed E-state index contributed by atoms with van der Waals surface area (Å²) >= 11 is 0. The van der Waals surface area contributed by atoms with Crippen LogP contribution in [0, 0.1) is 6.92 Å². The number of benzene rings is 3. The first-order valence-electron chi connectivity index (χ1n) is 8.50. The van der Waals surface area contributed by atoms with Crippen LogP contribution in [-0.4, -0.2) is 13.2 Å². The van der Waals surface area contributed by atoms with E-state index in [2.05, 4.69) is 30.4 Å². The number of hydrogen-bond donors (Lipinski definition) is 1. The van der Waals surface area contributed by atoms with Crippen LogP contribution in [0.3, 0.4) is 0 Å². The molecule has 3 aromatic rings. The highest BCUT2D eigenvalue weighted by Crippen LogP contribution is 2.18. The molecule has 0 fully saturated rings. The van der Waals surface area contributed by atoms with Gasteiger partial charge in [-0.15, -0.1) is 0 Å². The molecule has 0 aliphatic heterocycles. The first kappa shape index (κ1) is 16.9. The van der Waals surface area contributed by atoms with Crippen molar-refractivity contribution >= 4 is 5.69 Å². The average molecular weight is 333 g/mol. The highest BCUT2D eigenvalue weighted by molar-refractivity contribution is 5.48. The van der Waals surface area contributed by atoms with Crippen molar-refractivity contribution in [3.05, 3.63) is 90.0 Å². The molecule has 0 aromatic heterocycles. The fraction of sp³-hybridized carbons (Fsp3) is 0.182. The molecule has 1 N–H and O–H groups in total. The van der Waals surface area contributed by atoms with Gasteiger partial charge in [-0.1, -0.05) is 48.5 Å². The molecule has 0 radical (unpaired) electrons. The minimum absolute atomic E-state index is 0.570. The molecule has 0 aliphatic carbocycles. The lowest BCUT2D eigenvalue weighted by Crippen LogP contribution is -2.11. The first-order chi connectivity index (χ1) is 12.3. The van der Waals surface area contributed by atoms with Crippen molar-refractivity contribution in [2.75, 3.05) is 18.5 Å². The van der Waals surface area contributed by atoms with Crippen molar-refractivity contribution in [2.45, 2.75) is 13.5 Å². The summed E-state index contributed by atoms with van der Waals surface area (Å²) in [7, 11) is 0. The summed E-state index contributed by atoms with van der Waals surface area (Å²) in [4.78, 5) is 0. The molecule has 3 rings (SSSR count).